The monoisotopic (exact) mass is 236 g/mol. The SMILES string of the molecule is C=C/C=C/CCCCI. The molecule has 0 radical (unpaired) electrons. The maximum Gasteiger partial charge on any atom is -0.000462 e. The molecular formula is C8H13I. The normalized spacial score (nSPS) is 10.3. The van der Waals surface area contributed by atoms with Crippen molar-refractivity contribution in [2.45, 2.75) is 19.3 Å². The van der Waals surface area contributed by atoms with E-state index in [1.165, 1.54) is 23.7 Å². The van der Waals surface area contributed by atoms with E-state index in [9.17, 15) is 0 Å². The molecule has 0 heterocycles. The fourth-order valence-electron chi connectivity index (χ4n) is 0.549. The van der Waals surface area contributed by atoms with E-state index in [1.807, 2.05) is 12.2 Å². The summed E-state index contributed by atoms with van der Waals surface area (Å²) in [5, 5.41) is 0. The number of alkyl halides is 1. The molecule has 1 heteroatoms. The minimum absolute atomic E-state index is 1.20. The molecule has 52 valence electrons. The molecule has 0 rings (SSSR count). The van der Waals surface area contributed by atoms with Crippen LogP contribution in [0.3, 0.4) is 0 Å². The summed E-state index contributed by atoms with van der Waals surface area (Å²) >= 11 is 2.40. The van der Waals surface area contributed by atoms with Crippen LogP contribution in [0.5, 0.6) is 0 Å². The summed E-state index contributed by atoms with van der Waals surface area (Å²) in [6.07, 6.45) is 9.85. The van der Waals surface area contributed by atoms with Crippen molar-refractivity contribution in [3.05, 3.63) is 24.8 Å². The van der Waals surface area contributed by atoms with E-state index in [2.05, 4.69) is 35.2 Å². The summed E-state index contributed by atoms with van der Waals surface area (Å²) < 4.78 is 1.28. The van der Waals surface area contributed by atoms with Gasteiger partial charge in [0.05, 0.1) is 0 Å². The highest BCUT2D eigenvalue weighted by molar-refractivity contribution is 14.1. The topological polar surface area (TPSA) is 0 Å². The molecular weight excluding hydrogens is 223 g/mol. The molecule has 0 aliphatic rings. The van der Waals surface area contributed by atoms with Crippen molar-refractivity contribution in [3.63, 3.8) is 0 Å². The summed E-state index contributed by atoms with van der Waals surface area (Å²) in [6.45, 7) is 3.59. The number of rotatable bonds is 5. The van der Waals surface area contributed by atoms with Crippen molar-refractivity contribution in [3.8, 4) is 0 Å². The Morgan fingerprint density at radius 3 is 2.67 bits per heavy atom. The van der Waals surface area contributed by atoms with Gasteiger partial charge in [0.2, 0.25) is 0 Å². The van der Waals surface area contributed by atoms with Crippen molar-refractivity contribution in [1.82, 2.24) is 0 Å². The summed E-state index contributed by atoms with van der Waals surface area (Å²) in [7, 11) is 0. The van der Waals surface area contributed by atoms with E-state index in [-0.39, 0.29) is 0 Å². The average Bonchev–Trinajstić information content (AvgIpc) is 1.89. The Morgan fingerprint density at radius 2 is 2.11 bits per heavy atom. The minimum Gasteiger partial charge on any atom is -0.0991 e. The lowest BCUT2D eigenvalue weighted by atomic mass is 10.2. The predicted octanol–water partition coefficient (Wildman–Crippen LogP) is 3.33. The van der Waals surface area contributed by atoms with Gasteiger partial charge in [-0.15, -0.1) is 0 Å². The van der Waals surface area contributed by atoms with Gasteiger partial charge < -0.3 is 0 Å². The lowest BCUT2D eigenvalue weighted by Crippen LogP contribution is -1.72. The van der Waals surface area contributed by atoms with Gasteiger partial charge in [-0.05, 0) is 23.7 Å². The molecule has 0 saturated carbocycles. The smallest absolute Gasteiger partial charge is 0.000462 e. The van der Waals surface area contributed by atoms with Crippen LogP contribution >= 0.6 is 22.6 Å². The molecule has 0 N–H and O–H groups in total. The molecule has 0 atom stereocenters. The lowest BCUT2D eigenvalue weighted by Gasteiger charge is -1.88. The Balaban J connectivity index is 2.90. The van der Waals surface area contributed by atoms with Gasteiger partial charge in [-0.1, -0.05) is 47.4 Å². The molecule has 0 nitrogen and oxygen atoms in total. The van der Waals surface area contributed by atoms with Crippen LogP contribution in [-0.4, -0.2) is 4.43 Å². The molecule has 0 aromatic carbocycles. The number of halogens is 1. The highest BCUT2D eigenvalue weighted by Crippen LogP contribution is 1.99. The molecule has 0 amide bonds. The zero-order valence-electron chi connectivity index (χ0n) is 5.65. The third-order valence-corrected chi connectivity index (χ3v) is 1.79. The first kappa shape index (κ1) is 9.21. The Kier molecular flexibility index (Phi) is 8.40. The minimum atomic E-state index is 1.20. The van der Waals surface area contributed by atoms with E-state index >= 15 is 0 Å². The predicted molar refractivity (Wildman–Crippen MR) is 52.1 cm³/mol. The fourth-order valence-corrected chi connectivity index (χ4v) is 1.09. The summed E-state index contributed by atoms with van der Waals surface area (Å²) in [5.41, 5.74) is 0. The third kappa shape index (κ3) is 8.21. The highest BCUT2D eigenvalue weighted by atomic mass is 127. The number of unbranched alkanes of at least 4 members (excludes halogenated alkanes) is 2. The molecule has 0 aromatic rings. The number of allylic oxidation sites excluding steroid dienone is 3. The van der Waals surface area contributed by atoms with Gasteiger partial charge in [-0.3, -0.25) is 0 Å². The van der Waals surface area contributed by atoms with Gasteiger partial charge >= 0.3 is 0 Å². The van der Waals surface area contributed by atoms with Gasteiger partial charge in [-0.2, -0.15) is 0 Å². The second-order valence-corrected chi connectivity index (χ2v) is 2.93. The number of hydrogen-bond donors (Lipinski definition) is 0. The van der Waals surface area contributed by atoms with Crippen molar-refractivity contribution in [2.24, 2.45) is 0 Å². The van der Waals surface area contributed by atoms with E-state index in [0.717, 1.165) is 0 Å². The van der Waals surface area contributed by atoms with Crippen LogP contribution in [-0.2, 0) is 0 Å². The zero-order valence-corrected chi connectivity index (χ0v) is 7.80. The molecule has 0 unspecified atom stereocenters. The van der Waals surface area contributed by atoms with Crippen LogP contribution in [0.15, 0.2) is 24.8 Å². The largest absolute Gasteiger partial charge is 0.0991 e. The van der Waals surface area contributed by atoms with Crippen LogP contribution < -0.4 is 0 Å². The van der Waals surface area contributed by atoms with E-state index < -0.39 is 0 Å². The van der Waals surface area contributed by atoms with E-state index in [0.29, 0.717) is 0 Å². The van der Waals surface area contributed by atoms with E-state index in [1.54, 1.807) is 0 Å². The number of hydrogen-bond acceptors (Lipinski definition) is 0. The molecule has 0 aliphatic carbocycles. The Labute approximate surface area is 71.2 Å². The van der Waals surface area contributed by atoms with Crippen molar-refractivity contribution < 1.29 is 0 Å². The maximum absolute atomic E-state index is 3.59. The molecule has 0 saturated heterocycles. The van der Waals surface area contributed by atoms with E-state index in [4.69, 9.17) is 0 Å². The van der Waals surface area contributed by atoms with Gasteiger partial charge in [-0.25, -0.2) is 0 Å². The molecule has 0 aliphatic heterocycles. The highest BCUT2D eigenvalue weighted by Gasteiger charge is 1.79. The summed E-state index contributed by atoms with van der Waals surface area (Å²) in [4.78, 5) is 0. The van der Waals surface area contributed by atoms with Gasteiger partial charge in [0, 0.05) is 0 Å². The van der Waals surface area contributed by atoms with Crippen LogP contribution in [0.2, 0.25) is 0 Å². The molecule has 0 spiro atoms. The Bertz CT molecular complexity index is 84.6. The molecule has 0 fully saturated rings. The van der Waals surface area contributed by atoms with Crippen molar-refractivity contribution in [1.29, 1.82) is 0 Å². The Morgan fingerprint density at radius 1 is 1.33 bits per heavy atom. The van der Waals surface area contributed by atoms with Gasteiger partial charge in [0.1, 0.15) is 0 Å². The molecule has 9 heavy (non-hydrogen) atoms. The van der Waals surface area contributed by atoms with Crippen LogP contribution in [0.1, 0.15) is 19.3 Å². The first-order valence-corrected chi connectivity index (χ1v) is 4.78. The molecule has 0 aromatic heterocycles. The Hall–Kier alpha value is 0.210. The second kappa shape index (κ2) is 8.21. The molecule has 0 bridgehead atoms. The van der Waals surface area contributed by atoms with Crippen LogP contribution in [0, 0.1) is 0 Å². The van der Waals surface area contributed by atoms with Gasteiger partial charge in [0.15, 0.2) is 0 Å². The third-order valence-electron chi connectivity index (χ3n) is 1.03. The van der Waals surface area contributed by atoms with Crippen molar-refractivity contribution in [2.75, 3.05) is 4.43 Å². The quantitative estimate of drug-likeness (QED) is 0.297. The first-order valence-electron chi connectivity index (χ1n) is 3.25. The van der Waals surface area contributed by atoms with Crippen molar-refractivity contribution >= 4 is 22.6 Å². The lowest BCUT2D eigenvalue weighted by molar-refractivity contribution is 0.831. The van der Waals surface area contributed by atoms with Gasteiger partial charge in [0.25, 0.3) is 0 Å². The zero-order chi connectivity index (χ0) is 6.95. The maximum atomic E-state index is 3.59. The standard InChI is InChI=1S/C8H13I/c1-2-3-4-5-6-7-8-9/h2-4H,1,5-8H2/b4-3+. The fraction of sp³-hybridized carbons (Fsp3) is 0.500. The summed E-state index contributed by atoms with van der Waals surface area (Å²) in [6, 6.07) is 0. The summed E-state index contributed by atoms with van der Waals surface area (Å²) in [5.74, 6) is 0. The first-order chi connectivity index (χ1) is 4.41. The van der Waals surface area contributed by atoms with Crippen LogP contribution in [0.4, 0.5) is 0 Å². The second-order valence-electron chi connectivity index (χ2n) is 1.85. The average molecular weight is 236 g/mol. The van der Waals surface area contributed by atoms with Crippen LogP contribution in [0.25, 0.3) is 0 Å².